The van der Waals surface area contributed by atoms with Gasteiger partial charge in [-0.05, 0) is 24.3 Å². The molecule has 1 aromatic carbocycles. The number of urea groups is 1. The van der Waals surface area contributed by atoms with Crippen molar-refractivity contribution in [3.05, 3.63) is 30.1 Å². The van der Waals surface area contributed by atoms with Gasteiger partial charge in [0.05, 0.1) is 0 Å². The van der Waals surface area contributed by atoms with E-state index < -0.39 is 24.4 Å². The lowest BCUT2D eigenvalue weighted by Crippen LogP contribution is -2.40. The molecule has 0 aromatic heterocycles. The topological polar surface area (TPSA) is 117 Å². The number of nitrogens with one attached hydrogen (secondary N) is 2. The summed E-state index contributed by atoms with van der Waals surface area (Å²) in [6.07, 6.45) is 0. The van der Waals surface area contributed by atoms with Crippen molar-refractivity contribution in [2.75, 3.05) is 11.9 Å². The Balaban J connectivity index is 2.49. The van der Waals surface area contributed by atoms with E-state index in [0.717, 1.165) is 0 Å². The molecule has 18 heavy (non-hydrogen) atoms. The van der Waals surface area contributed by atoms with E-state index in [2.05, 4.69) is 15.6 Å². The van der Waals surface area contributed by atoms with Gasteiger partial charge in [0.25, 0.3) is 0 Å². The van der Waals surface area contributed by atoms with Gasteiger partial charge in [-0.25, -0.2) is 14.2 Å². The first-order valence-electron chi connectivity index (χ1n) is 4.82. The molecule has 0 unspecified atom stereocenters. The summed E-state index contributed by atoms with van der Waals surface area (Å²) in [5.74, 6) is -1.92. The first-order valence-corrected chi connectivity index (χ1v) is 4.82. The van der Waals surface area contributed by atoms with Crippen molar-refractivity contribution in [3.63, 3.8) is 0 Å². The Labute approximate surface area is 102 Å². The van der Waals surface area contributed by atoms with Gasteiger partial charge in [-0.1, -0.05) is 0 Å². The van der Waals surface area contributed by atoms with Crippen LogP contribution in [0.4, 0.5) is 14.9 Å². The molecule has 0 saturated heterocycles. The Hall–Kier alpha value is -2.64. The molecule has 8 heteroatoms. The van der Waals surface area contributed by atoms with E-state index in [4.69, 9.17) is 10.8 Å². The van der Waals surface area contributed by atoms with Crippen LogP contribution in [0.15, 0.2) is 29.3 Å². The normalized spacial score (nSPS) is 10.8. The molecule has 0 aliphatic heterocycles. The number of nitrogens with two attached hydrogens (primary N) is 1. The zero-order chi connectivity index (χ0) is 13.5. The third-order valence-electron chi connectivity index (χ3n) is 1.73. The SMILES string of the molecule is NC(=NCC(=O)O)NC(=O)Nc1ccc(F)cc1. The molecule has 0 radical (unpaired) electrons. The number of anilines is 1. The molecule has 2 amide bonds. The number of rotatable bonds is 3. The van der Waals surface area contributed by atoms with Gasteiger partial charge in [0.15, 0.2) is 5.96 Å². The number of benzene rings is 1. The maximum absolute atomic E-state index is 12.6. The monoisotopic (exact) mass is 254 g/mol. The van der Waals surface area contributed by atoms with Crippen LogP contribution in [-0.4, -0.2) is 29.6 Å². The van der Waals surface area contributed by atoms with E-state index >= 15 is 0 Å². The fraction of sp³-hybridized carbons (Fsp3) is 0.100. The molecule has 0 heterocycles. The molecule has 1 aromatic rings. The summed E-state index contributed by atoms with van der Waals surface area (Å²) in [7, 11) is 0. The number of carboxylic acids is 1. The first-order chi connectivity index (χ1) is 8.47. The number of carbonyl (C=O) groups is 2. The first kappa shape index (κ1) is 13.4. The van der Waals surface area contributed by atoms with Gasteiger partial charge in [-0.3, -0.25) is 10.1 Å². The lowest BCUT2D eigenvalue weighted by atomic mass is 10.3. The molecule has 7 nitrogen and oxygen atoms in total. The van der Waals surface area contributed by atoms with Crippen molar-refractivity contribution in [3.8, 4) is 0 Å². The van der Waals surface area contributed by atoms with Gasteiger partial charge in [0.1, 0.15) is 12.4 Å². The highest BCUT2D eigenvalue weighted by molar-refractivity contribution is 6.02. The smallest absolute Gasteiger partial charge is 0.325 e. The Morgan fingerprint density at radius 2 is 1.94 bits per heavy atom. The van der Waals surface area contributed by atoms with Gasteiger partial charge in [-0.15, -0.1) is 0 Å². The molecule has 0 saturated carbocycles. The third kappa shape index (κ3) is 4.92. The molecular formula is C10H11FN4O3. The minimum Gasteiger partial charge on any atom is -0.480 e. The molecular weight excluding hydrogens is 243 g/mol. The van der Waals surface area contributed by atoms with Crippen LogP contribution in [0.1, 0.15) is 0 Å². The number of aliphatic imine (C=N–C) groups is 1. The molecule has 96 valence electrons. The molecule has 0 aliphatic rings. The number of halogens is 1. The minimum absolute atomic E-state index is 0.322. The molecule has 0 fully saturated rings. The number of carbonyl (C=O) groups excluding carboxylic acids is 1. The number of carboxylic acid groups (broad SMARTS) is 1. The summed E-state index contributed by atoms with van der Waals surface area (Å²) in [5.41, 5.74) is 5.62. The number of nitrogens with zero attached hydrogens (tertiary/aromatic N) is 1. The quantitative estimate of drug-likeness (QED) is 0.459. The van der Waals surface area contributed by atoms with E-state index in [-0.39, 0.29) is 5.96 Å². The standard InChI is InChI=1S/C10H11FN4O3/c11-6-1-3-7(4-2-6)14-10(18)15-9(12)13-5-8(16)17/h1-4H,5H2,(H,16,17)(H4,12,13,14,15,18). The lowest BCUT2D eigenvalue weighted by molar-refractivity contribution is -0.135. The van der Waals surface area contributed by atoms with E-state index in [1.807, 2.05) is 0 Å². The largest absolute Gasteiger partial charge is 0.480 e. The molecule has 5 N–H and O–H groups in total. The summed E-state index contributed by atoms with van der Waals surface area (Å²) in [4.78, 5) is 24.9. The molecule has 1 rings (SSSR count). The Morgan fingerprint density at radius 3 is 2.50 bits per heavy atom. The summed E-state index contributed by atoms with van der Waals surface area (Å²) in [6.45, 7) is -0.539. The van der Waals surface area contributed by atoms with E-state index in [9.17, 15) is 14.0 Å². The molecule has 0 atom stereocenters. The van der Waals surface area contributed by atoms with Crippen molar-refractivity contribution < 1.29 is 19.1 Å². The number of amides is 2. The van der Waals surface area contributed by atoms with Crippen LogP contribution in [0.5, 0.6) is 0 Å². The van der Waals surface area contributed by atoms with Gasteiger partial charge in [-0.2, -0.15) is 0 Å². The van der Waals surface area contributed by atoms with Gasteiger partial charge in [0.2, 0.25) is 0 Å². The maximum atomic E-state index is 12.6. The van der Waals surface area contributed by atoms with E-state index in [1.54, 1.807) is 0 Å². The van der Waals surface area contributed by atoms with Crippen LogP contribution < -0.4 is 16.4 Å². The second-order valence-corrected chi connectivity index (χ2v) is 3.18. The Kier molecular flexibility index (Phi) is 4.61. The zero-order valence-electron chi connectivity index (χ0n) is 9.18. The van der Waals surface area contributed by atoms with Crippen LogP contribution in [0.3, 0.4) is 0 Å². The van der Waals surface area contributed by atoms with Gasteiger partial charge < -0.3 is 16.2 Å². The average molecular weight is 254 g/mol. The van der Waals surface area contributed by atoms with Crippen LogP contribution in [0.2, 0.25) is 0 Å². The predicted octanol–water partition coefficient (Wildman–Crippen LogP) is 0.346. The highest BCUT2D eigenvalue weighted by Crippen LogP contribution is 2.07. The molecule has 0 spiro atoms. The van der Waals surface area contributed by atoms with Crippen LogP contribution in [-0.2, 0) is 4.79 Å². The lowest BCUT2D eigenvalue weighted by Gasteiger charge is -2.06. The van der Waals surface area contributed by atoms with E-state index in [1.165, 1.54) is 24.3 Å². The van der Waals surface area contributed by atoms with Crippen molar-refractivity contribution in [2.24, 2.45) is 10.7 Å². The van der Waals surface area contributed by atoms with Crippen LogP contribution >= 0.6 is 0 Å². The highest BCUT2D eigenvalue weighted by atomic mass is 19.1. The Bertz CT molecular complexity index is 473. The number of aliphatic carboxylic acids is 1. The van der Waals surface area contributed by atoms with Crippen molar-refractivity contribution in [1.82, 2.24) is 5.32 Å². The van der Waals surface area contributed by atoms with Gasteiger partial charge >= 0.3 is 12.0 Å². The maximum Gasteiger partial charge on any atom is 0.325 e. The minimum atomic E-state index is -1.17. The molecule has 0 bridgehead atoms. The zero-order valence-corrected chi connectivity index (χ0v) is 9.18. The Morgan fingerprint density at radius 1 is 1.33 bits per heavy atom. The fourth-order valence-electron chi connectivity index (χ4n) is 1.00. The summed E-state index contributed by atoms with van der Waals surface area (Å²) < 4.78 is 12.6. The number of hydrogen-bond donors (Lipinski definition) is 4. The number of hydrogen-bond acceptors (Lipinski definition) is 3. The van der Waals surface area contributed by atoms with Crippen molar-refractivity contribution in [2.45, 2.75) is 0 Å². The summed E-state index contributed by atoms with van der Waals surface area (Å²) in [5, 5.41) is 12.8. The molecule has 0 aliphatic carbocycles. The second-order valence-electron chi connectivity index (χ2n) is 3.18. The fourth-order valence-corrected chi connectivity index (χ4v) is 1.00. The summed E-state index contributed by atoms with van der Waals surface area (Å²) in [6, 6.07) is 4.38. The van der Waals surface area contributed by atoms with Crippen molar-refractivity contribution >= 4 is 23.6 Å². The average Bonchev–Trinajstić information content (AvgIpc) is 2.29. The second kappa shape index (κ2) is 6.18. The van der Waals surface area contributed by atoms with Crippen LogP contribution in [0, 0.1) is 5.82 Å². The number of guanidine groups is 1. The summed E-state index contributed by atoms with van der Waals surface area (Å²) >= 11 is 0. The van der Waals surface area contributed by atoms with Crippen molar-refractivity contribution in [1.29, 1.82) is 0 Å². The van der Waals surface area contributed by atoms with E-state index in [0.29, 0.717) is 5.69 Å². The highest BCUT2D eigenvalue weighted by Gasteiger charge is 2.04. The third-order valence-corrected chi connectivity index (χ3v) is 1.73. The predicted molar refractivity (Wildman–Crippen MR) is 62.7 cm³/mol. The van der Waals surface area contributed by atoms with Gasteiger partial charge in [0, 0.05) is 5.69 Å². The van der Waals surface area contributed by atoms with Crippen LogP contribution in [0.25, 0.3) is 0 Å².